The average molecular weight is 506 g/mol. The Hall–Kier alpha value is -4.16. The monoisotopic (exact) mass is 505 g/mol. The van der Waals surface area contributed by atoms with Gasteiger partial charge in [-0.3, -0.25) is 9.69 Å². The molecule has 6 heteroatoms. The number of aliphatic imine (C=N–C) groups is 1. The topological polar surface area (TPSA) is 37.6 Å². The van der Waals surface area contributed by atoms with Crippen LogP contribution in [0.25, 0.3) is 27.8 Å². The summed E-state index contributed by atoms with van der Waals surface area (Å²) in [4.78, 5) is 20.2. The van der Waals surface area contributed by atoms with Crippen LogP contribution in [0, 0.1) is 5.82 Å². The standard InChI is InChI=1S/C31H24FN3OS/c1-2-35-30(36)29(37-31(35)33-25-16-14-24(32)15-17-25)18-23-20-34(28-13-6-5-12-27(23)28)19-22-10-7-9-21-8-3-4-11-26(21)22/h3-18,20H,2,19H2,1H3/b29-18+,33-31?. The third kappa shape index (κ3) is 4.45. The zero-order valence-corrected chi connectivity index (χ0v) is 21.1. The van der Waals surface area contributed by atoms with Gasteiger partial charge in [0.15, 0.2) is 5.17 Å². The summed E-state index contributed by atoms with van der Waals surface area (Å²) in [6.07, 6.45) is 4.09. The molecule has 4 aromatic carbocycles. The molecule has 5 aromatic rings. The zero-order chi connectivity index (χ0) is 25.4. The molecule has 6 rings (SSSR count). The third-order valence-corrected chi connectivity index (χ3v) is 7.59. The number of likely N-dealkylation sites (N-methyl/N-ethyl adjacent to an activating group) is 1. The van der Waals surface area contributed by atoms with Gasteiger partial charge in [0.05, 0.1) is 10.6 Å². The van der Waals surface area contributed by atoms with Crippen LogP contribution in [-0.4, -0.2) is 27.1 Å². The highest BCUT2D eigenvalue weighted by atomic mass is 32.2. The number of halogens is 1. The molecule has 0 unspecified atom stereocenters. The van der Waals surface area contributed by atoms with E-state index in [1.54, 1.807) is 17.0 Å². The highest BCUT2D eigenvalue weighted by Crippen LogP contribution is 2.36. The number of para-hydroxylation sites is 1. The van der Waals surface area contributed by atoms with Gasteiger partial charge in [-0.25, -0.2) is 9.38 Å². The Kier molecular flexibility index (Phi) is 6.10. The number of carbonyl (C=O) groups excluding carboxylic acids is 1. The lowest BCUT2D eigenvalue weighted by atomic mass is 10.0. The summed E-state index contributed by atoms with van der Waals surface area (Å²) in [5.41, 5.74) is 3.97. The van der Waals surface area contributed by atoms with Crippen molar-refractivity contribution in [1.29, 1.82) is 0 Å². The molecule has 182 valence electrons. The van der Waals surface area contributed by atoms with Gasteiger partial charge in [-0.15, -0.1) is 0 Å². The van der Waals surface area contributed by atoms with Crippen LogP contribution >= 0.6 is 11.8 Å². The Morgan fingerprint density at radius 3 is 2.43 bits per heavy atom. The Morgan fingerprint density at radius 1 is 0.892 bits per heavy atom. The van der Waals surface area contributed by atoms with Gasteiger partial charge >= 0.3 is 0 Å². The van der Waals surface area contributed by atoms with E-state index in [9.17, 15) is 9.18 Å². The van der Waals surface area contributed by atoms with E-state index in [4.69, 9.17) is 0 Å². The normalized spacial score (nSPS) is 16.1. The highest BCUT2D eigenvalue weighted by Gasteiger charge is 2.32. The van der Waals surface area contributed by atoms with Gasteiger partial charge in [0.2, 0.25) is 0 Å². The SMILES string of the molecule is CCN1C(=O)/C(=C\c2cn(Cc3cccc4ccccc34)c3ccccc23)SC1=Nc1ccc(F)cc1. The van der Waals surface area contributed by atoms with Crippen LogP contribution in [0.1, 0.15) is 18.1 Å². The van der Waals surface area contributed by atoms with E-state index in [1.807, 2.05) is 25.1 Å². The molecule has 0 saturated carbocycles. The molecule has 1 aliphatic heterocycles. The van der Waals surface area contributed by atoms with Crippen molar-refractivity contribution in [1.82, 2.24) is 9.47 Å². The number of benzene rings is 4. The van der Waals surface area contributed by atoms with Crippen LogP contribution in [0.15, 0.2) is 107 Å². The lowest BCUT2D eigenvalue weighted by molar-refractivity contribution is -0.122. The molecule has 0 aliphatic carbocycles. The number of thioether (sulfide) groups is 1. The second kappa shape index (κ2) is 9.71. The van der Waals surface area contributed by atoms with Gasteiger partial charge in [-0.1, -0.05) is 60.7 Å². The van der Waals surface area contributed by atoms with Gasteiger partial charge in [-0.05, 0) is 71.4 Å². The molecule has 4 nitrogen and oxygen atoms in total. The van der Waals surface area contributed by atoms with Crippen molar-refractivity contribution in [2.24, 2.45) is 4.99 Å². The second-order valence-corrected chi connectivity index (χ2v) is 9.91. The van der Waals surface area contributed by atoms with Crippen LogP contribution in [0.2, 0.25) is 0 Å². The molecule has 0 radical (unpaired) electrons. The first kappa shape index (κ1) is 23.3. The number of hydrogen-bond donors (Lipinski definition) is 0. The minimum atomic E-state index is -0.313. The van der Waals surface area contributed by atoms with Gasteiger partial charge < -0.3 is 4.57 Å². The van der Waals surface area contributed by atoms with E-state index in [0.717, 1.165) is 23.0 Å². The maximum absolute atomic E-state index is 13.3. The van der Waals surface area contributed by atoms with Crippen LogP contribution in [0.5, 0.6) is 0 Å². The van der Waals surface area contributed by atoms with Gasteiger partial charge in [0.25, 0.3) is 5.91 Å². The molecule has 0 bridgehead atoms. The first-order valence-electron chi connectivity index (χ1n) is 12.2. The van der Waals surface area contributed by atoms with Crippen molar-refractivity contribution in [2.75, 3.05) is 6.54 Å². The van der Waals surface area contributed by atoms with Gasteiger partial charge in [-0.2, -0.15) is 0 Å². The van der Waals surface area contributed by atoms with E-state index >= 15 is 0 Å². The van der Waals surface area contributed by atoms with Crippen molar-refractivity contribution in [3.05, 3.63) is 119 Å². The fraction of sp³-hybridized carbons (Fsp3) is 0.0968. The molecule has 0 spiro atoms. The van der Waals surface area contributed by atoms with E-state index in [2.05, 4.69) is 70.4 Å². The fourth-order valence-corrected chi connectivity index (χ4v) is 5.83. The van der Waals surface area contributed by atoms with E-state index in [0.29, 0.717) is 22.3 Å². The maximum atomic E-state index is 13.3. The number of rotatable bonds is 5. The van der Waals surface area contributed by atoms with Crippen molar-refractivity contribution in [3.8, 4) is 0 Å². The summed E-state index contributed by atoms with van der Waals surface area (Å²) in [7, 11) is 0. The fourth-order valence-electron chi connectivity index (χ4n) is 4.77. The van der Waals surface area contributed by atoms with Crippen molar-refractivity contribution >= 4 is 56.3 Å². The van der Waals surface area contributed by atoms with Crippen LogP contribution in [0.3, 0.4) is 0 Å². The van der Waals surface area contributed by atoms with Gasteiger partial charge in [0, 0.05) is 35.8 Å². The summed E-state index contributed by atoms with van der Waals surface area (Å²) in [5, 5.41) is 4.16. The van der Waals surface area contributed by atoms with Crippen LogP contribution in [-0.2, 0) is 11.3 Å². The van der Waals surface area contributed by atoms with Crippen molar-refractivity contribution < 1.29 is 9.18 Å². The van der Waals surface area contributed by atoms with E-state index < -0.39 is 0 Å². The molecule has 1 aliphatic rings. The Labute approximate surface area is 218 Å². The van der Waals surface area contributed by atoms with Crippen molar-refractivity contribution in [2.45, 2.75) is 13.5 Å². The summed E-state index contributed by atoms with van der Waals surface area (Å²) in [6.45, 7) is 3.16. The molecule has 2 heterocycles. The first-order valence-corrected chi connectivity index (χ1v) is 13.0. The molecule has 1 fully saturated rings. The van der Waals surface area contributed by atoms with Gasteiger partial charge in [0.1, 0.15) is 5.82 Å². The highest BCUT2D eigenvalue weighted by molar-refractivity contribution is 8.18. The largest absolute Gasteiger partial charge is 0.342 e. The Bertz CT molecular complexity index is 1700. The van der Waals surface area contributed by atoms with Crippen molar-refractivity contribution in [3.63, 3.8) is 0 Å². The Balaban J connectivity index is 1.38. The number of hydrogen-bond acceptors (Lipinski definition) is 3. The molecule has 1 amide bonds. The predicted molar refractivity (Wildman–Crippen MR) is 151 cm³/mol. The molecule has 37 heavy (non-hydrogen) atoms. The molecular formula is C31H24FN3OS. The number of aromatic nitrogens is 1. The zero-order valence-electron chi connectivity index (χ0n) is 20.3. The number of amides is 1. The number of fused-ring (bicyclic) bond motifs is 2. The summed E-state index contributed by atoms with van der Waals surface area (Å²) in [5.74, 6) is -0.383. The summed E-state index contributed by atoms with van der Waals surface area (Å²) < 4.78 is 15.6. The minimum absolute atomic E-state index is 0.0701. The lowest BCUT2D eigenvalue weighted by Crippen LogP contribution is -2.28. The smallest absolute Gasteiger partial charge is 0.266 e. The Morgan fingerprint density at radius 2 is 1.62 bits per heavy atom. The van der Waals surface area contributed by atoms with Crippen LogP contribution in [0.4, 0.5) is 10.1 Å². The quantitative estimate of drug-likeness (QED) is 0.231. The average Bonchev–Trinajstić information content (AvgIpc) is 3.42. The summed E-state index contributed by atoms with van der Waals surface area (Å²) in [6, 6.07) is 29.1. The molecular weight excluding hydrogens is 481 g/mol. The second-order valence-electron chi connectivity index (χ2n) is 8.90. The summed E-state index contributed by atoms with van der Waals surface area (Å²) >= 11 is 1.35. The van der Waals surface area contributed by atoms with E-state index in [1.165, 1.54) is 40.2 Å². The first-order chi connectivity index (χ1) is 18.1. The predicted octanol–water partition coefficient (Wildman–Crippen LogP) is 7.61. The molecule has 0 atom stereocenters. The van der Waals surface area contributed by atoms with E-state index in [-0.39, 0.29) is 11.7 Å². The molecule has 1 saturated heterocycles. The minimum Gasteiger partial charge on any atom is -0.342 e. The lowest BCUT2D eigenvalue weighted by Gasteiger charge is -2.11. The third-order valence-electron chi connectivity index (χ3n) is 6.58. The molecule has 1 aromatic heterocycles. The molecule has 0 N–H and O–H groups in total. The number of amidine groups is 1. The van der Waals surface area contributed by atoms with Crippen LogP contribution < -0.4 is 0 Å². The number of carbonyl (C=O) groups is 1. The maximum Gasteiger partial charge on any atom is 0.266 e. The number of nitrogens with zero attached hydrogens (tertiary/aromatic N) is 3.